The molecule has 18 heavy (non-hydrogen) atoms. The van der Waals surface area contributed by atoms with Crippen molar-refractivity contribution in [2.24, 2.45) is 0 Å². The van der Waals surface area contributed by atoms with Crippen LogP contribution in [-0.4, -0.2) is 18.2 Å². The first-order valence-corrected chi connectivity index (χ1v) is 5.29. The Balaban J connectivity index is 2.53. The maximum Gasteiger partial charge on any atom is 0.337 e. The van der Waals surface area contributed by atoms with Crippen molar-refractivity contribution in [1.29, 1.82) is 0 Å². The number of phenolic OH excluding ortho intramolecular Hbond substituents is 1. The Hall–Kier alpha value is -2.36. The second-order valence-corrected chi connectivity index (χ2v) is 3.74. The number of rotatable bonds is 2. The maximum atomic E-state index is 13.7. The summed E-state index contributed by atoms with van der Waals surface area (Å²) in [7, 11) is 1.26. The molecule has 0 bridgehead atoms. The van der Waals surface area contributed by atoms with E-state index in [4.69, 9.17) is 0 Å². The average Bonchev–Trinajstić information content (AvgIpc) is 2.38. The Morgan fingerprint density at radius 1 is 1.22 bits per heavy atom. The van der Waals surface area contributed by atoms with Crippen molar-refractivity contribution in [3.05, 3.63) is 53.8 Å². The fraction of sp³-hybridized carbons (Fsp3) is 0.0714. The number of aromatic hydroxyl groups is 1. The number of carbonyl (C=O) groups is 1. The average molecular weight is 246 g/mol. The quantitative estimate of drug-likeness (QED) is 0.828. The van der Waals surface area contributed by atoms with Gasteiger partial charge in [-0.1, -0.05) is 12.1 Å². The second kappa shape index (κ2) is 4.87. The first-order valence-electron chi connectivity index (χ1n) is 5.29. The predicted molar refractivity (Wildman–Crippen MR) is 64.8 cm³/mol. The van der Waals surface area contributed by atoms with Crippen LogP contribution >= 0.6 is 0 Å². The number of ether oxygens (including phenoxy) is 1. The minimum atomic E-state index is -0.531. The predicted octanol–water partition coefficient (Wildman–Crippen LogP) is 2.98. The number of carbonyl (C=O) groups excluding carboxylic acids is 1. The van der Waals surface area contributed by atoms with Gasteiger partial charge in [-0.3, -0.25) is 0 Å². The highest BCUT2D eigenvalue weighted by molar-refractivity contribution is 5.91. The zero-order valence-electron chi connectivity index (χ0n) is 9.68. The van der Waals surface area contributed by atoms with E-state index in [1.807, 2.05) is 0 Å². The first kappa shape index (κ1) is 12.1. The molecule has 92 valence electrons. The van der Waals surface area contributed by atoms with Crippen LogP contribution in [0.25, 0.3) is 11.1 Å². The lowest BCUT2D eigenvalue weighted by atomic mass is 10.0. The molecule has 0 atom stereocenters. The lowest BCUT2D eigenvalue weighted by molar-refractivity contribution is 0.0600. The minimum Gasteiger partial charge on any atom is -0.508 e. The number of esters is 1. The van der Waals surface area contributed by atoms with Crippen LogP contribution in [0.4, 0.5) is 4.39 Å². The Morgan fingerprint density at radius 2 is 2.00 bits per heavy atom. The third-order valence-corrected chi connectivity index (χ3v) is 2.54. The van der Waals surface area contributed by atoms with Crippen LogP contribution in [0, 0.1) is 5.82 Å². The molecule has 0 spiro atoms. The van der Waals surface area contributed by atoms with Crippen LogP contribution in [-0.2, 0) is 4.74 Å². The summed E-state index contributed by atoms with van der Waals surface area (Å²) in [6.45, 7) is 0. The summed E-state index contributed by atoms with van der Waals surface area (Å²) >= 11 is 0. The highest BCUT2D eigenvalue weighted by Gasteiger charge is 2.11. The third-order valence-electron chi connectivity index (χ3n) is 2.54. The zero-order valence-corrected chi connectivity index (χ0v) is 9.68. The lowest BCUT2D eigenvalue weighted by Gasteiger charge is -2.06. The molecular weight excluding hydrogens is 235 g/mol. The molecule has 0 aliphatic rings. The van der Waals surface area contributed by atoms with E-state index < -0.39 is 11.8 Å². The minimum absolute atomic E-state index is 0.0374. The molecular formula is C14H11FO3. The molecule has 0 aliphatic carbocycles. The van der Waals surface area contributed by atoms with Crippen molar-refractivity contribution in [1.82, 2.24) is 0 Å². The molecule has 0 radical (unpaired) electrons. The number of benzene rings is 2. The summed E-state index contributed by atoms with van der Waals surface area (Å²) in [5.41, 5.74) is 1.00. The van der Waals surface area contributed by atoms with E-state index in [1.165, 1.54) is 37.4 Å². The van der Waals surface area contributed by atoms with Crippen molar-refractivity contribution < 1.29 is 19.0 Å². The molecule has 0 aromatic heterocycles. The summed E-state index contributed by atoms with van der Waals surface area (Å²) in [6, 6.07) is 10.1. The molecule has 2 aromatic carbocycles. The lowest BCUT2D eigenvalue weighted by Crippen LogP contribution is -2.01. The van der Waals surface area contributed by atoms with Crippen LogP contribution in [0.1, 0.15) is 10.4 Å². The van der Waals surface area contributed by atoms with Crippen molar-refractivity contribution >= 4 is 5.97 Å². The molecule has 3 nitrogen and oxygen atoms in total. The number of hydrogen-bond acceptors (Lipinski definition) is 3. The van der Waals surface area contributed by atoms with Gasteiger partial charge in [-0.25, -0.2) is 9.18 Å². The van der Waals surface area contributed by atoms with Gasteiger partial charge >= 0.3 is 5.97 Å². The fourth-order valence-electron chi connectivity index (χ4n) is 1.66. The van der Waals surface area contributed by atoms with E-state index in [0.717, 1.165) is 0 Å². The summed E-state index contributed by atoms with van der Waals surface area (Å²) < 4.78 is 18.3. The SMILES string of the molecule is COC(=O)c1ccc(F)c(-c2cccc(O)c2)c1. The van der Waals surface area contributed by atoms with E-state index in [1.54, 1.807) is 12.1 Å². The summed E-state index contributed by atoms with van der Waals surface area (Å²) in [6.07, 6.45) is 0. The molecule has 0 saturated carbocycles. The van der Waals surface area contributed by atoms with Gasteiger partial charge in [-0.05, 0) is 35.9 Å². The van der Waals surface area contributed by atoms with Gasteiger partial charge in [-0.15, -0.1) is 0 Å². The van der Waals surface area contributed by atoms with Crippen molar-refractivity contribution in [3.63, 3.8) is 0 Å². The molecule has 0 aliphatic heterocycles. The van der Waals surface area contributed by atoms with Gasteiger partial charge in [0.2, 0.25) is 0 Å². The smallest absolute Gasteiger partial charge is 0.337 e. The van der Waals surface area contributed by atoms with Gasteiger partial charge in [0.05, 0.1) is 12.7 Å². The largest absolute Gasteiger partial charge is 0.508 e. The molecule has 1 N–H and O–H groups in total. The summed E-state index contributed by atoms with van der Waals surface area (Å²) in [5.74, 6) is -0.958. The molecule has 0 fully saturated rings. The van der Waals surface area contributed by atoms with E-state index >= 15 is 0 Å². The van der Waals surface area contributed by atoms with Crippen molar-refractivity contribution in [2.75, 3.05) is 7.11 Å². The number of hydrogen-bond donors (Lipinski definition) is 1. The topological polar surface area (TPSA) is 46.5 Å². The molecule has 0 unspecified atom stereocenters. The first-order chi connectivity index (χ1) is 8.61. The summed E-state index contributed by atoms with van der Waals surface area (Å²) in [4.78, 5) is 11.4. The van der Waals surface area contributed by atoms with Crippen molar-refractivity contribution in [2.45, 2.75) is 0 Å². The van der Waals surface area contributed by atoms with E-state index in [9.17, 15) is 14.3 Å². The Kier molecular flexibility index (Phi) is 3.28. The molecule has 2 aromatic rings. The van der Waals surface area contributed by atoms with Gasteiger partial charge < -0.3 is 9.84 Å². The number of phenols is 1. The maximum absolute atomic E-state index is 13.7. The van der Waals surface area contributed by atoms with Gasteiger partial charge in [0.15, 0.2) is 0 Å². The van der Waals surface area contributed by atoms with Gasteiger partial charge in [0.1, 0.15) is 11.6 Å². The molecule has 0 saturated heterocycles. The van der Waals surface area contributed by atoms with Gasteiger partial charge in [-0.2, -0.15) is 0 Å². The normalized spacial score (nSPS) is 10.1. The van der Waals surface area contributed by atoms with Gasteiger partial charge in [0, 0.05) is 5.56 Å². The third kappa shape index (κ3) is 2.32. The van der Waals surface area contributed by atoms with Gasteiger partial charge in [0.25, 0.3) is 0 Å². The zero-order chi connectivity index (χ0) is 13.1. The second-order valence-electron chi connectivity index (χ2n) is 3.74. The standard InChI is InChI=1S/C14H11FO3/c1-18-14(17)10-5-6-13(15)12(8-10)9-3-2-4-11(16)7-9/h2-8,16H,1H3. The van der Waals surface area contributed by atoms with Crippen LogP contribution in [0.2, 0.25) is 0 Å². The van der Waals surface area contributed by atoms with Crippen LogP contribution < -0.4 is 0 Å². The Labute approximate surface area is 103 Å². The highest BCUT2D eigenvalue weighted by atomic mass is 19.1. The van der Waals surface area contributed by atoms with Crippen molar-refractivity contribution in [3.8, 4) is 16.9 Å². The fourth-order valence-corrected chi connectivity index (χ4v) is 1.66. The van der Waals surface area contributed by atoms with Crippen LogP contribution in [0.15, 0.2) is 42.5 Å². The monoisotopic (exact) mass is 246 g/mol. The summed E-state index contributed by atoms with van der Waals surface area (Å²) in [5, 5.41) is 9.38. The van der Waals surface area contributed by atoms with E-state index in [-0.39, 0.29) is 16.9 Å². The molecule has 0 heterocycles. The highest BCUT2D eigenvalue weighted by Crippen LogP contribution is 2.26. The van der Waals surface area contributed by atoms with Crippen LogP contribution in [0.5, 0.6) is 5.75 Å². The Morgan fingerprint density at radius 3 is 2.67 bits per heavy atom. The van der Waals surface area contributed by atoms with E-state index in [0.29, 0.717) is 5.56 Å². The van der Waals surface area contributed by atoms with Crippen LogP contribution in [0.3, 0.4) is 0 Å². The molecule has 2 rings (SSSR count). The van der Waals surface area contributed by atoms with E-state index in [2.05, 4.69) is 4.74 Å². The number of methoxy groups -OCH3 is 1. The molecule has 0 amide bonds. The number of halogens is 1. The molecule has 4 heteroatoms. The Bertz CT molecular complexity index is 593.